The number of rotatable bonds is 0. The second-order valence-electron chi connectivity index (χ2n) is 3.40. The van der Waals surface area contributed by atoms with Crippen molar-refractivity contribution in [2.75, 3.05) is 0 Å². The first-order chi connectivity index (χ1) is 6.11. The van der Waals surface area contributed by atoms with Crippen LogP contribution in [0.25, 0.3) is 6.08 Å². The van der Waals surface area contributed by atoms with Gasteiger partial charge in [-0.15, -0.1) is 0 Å². The SMILES string of the molecule is CC1(O)C=Cc2ccccc2C1=O. The maximum absolute atomic E-state index is 11.6. The topological polar surface area (TPSA) is 37.3 Å². The molecule has 1 atom stereocenters. The lowest BCUT2D eigenvalue weighted by Crippen LogP contribution is -2.35. The summed E-state index contributed by atoms with van der Waals surface area (Å²) in [6.45, 7) is 1.50. The van der Waals surface area contributed by atoms with E-state index in [0.717, 1.165) is 5.56 Å². The van der Waals surface area contributed by atoms with Crippen molar-refractivity contribution in [1.82, 2.24) is 0 Å². The first-order valence-electron chi connectivity index (χ1n) is 4.17. The lowest BCUT2D eigenvalue weighted by molar-refractivity contribution is 0.0589. The van der Waals surface area contributed by atoms with Crippen LogP contribution in [0, 0.1) is 0 Å². The smallest absolute Gasteiger partial charge is 0.198 e. The van der Waals surface area contributed by atoms with Crippen molar-refractivity contribution in [1.29, 1.82) is 0 Å². The molecule has 0 aliphatic heterocycles. The summed E-state index contributed by atoms with van der Waals surface area (Å²) >= 11 is 0. The molecule has 0 heterocycles. The molecule has 1 aromatic carbocycles. The van der Waals surface area contributed by atoms with Gasteiger partial charge >= 0.3 is 0 Å². The number of carbonyl (C=O) groups excluding carboxylic acids is 1. The quantitative estimate of drug-likeness (QED) is 0.649. The fourth-order valence-electron chi connectivity index (χ4n) is 1.45. The zero-order chi connectivity index (χ0) is 9.47. The van der Waals surface area contributed by atoms with Crippen LogP contribution in [0.2, 0.25) is 0 Å². The zero-order valence-electron chi connectivity index (χ0n) is 7.32. The fraction of sp³-hybridized carbons (Fsp3) is 0.182. The van der Waals surface area contributed by atoms with Crippen LogP contribution in [-0.4, -0.2) is 16.5 Å². The Bertz CT molecular complexity index is 389. The zero-order valence-corrected chi connectivity index (χ0v) is 7.32. The Kier molecular flexibility index (Phi) is 1.60. The maximum atomic E-state index is 11.6. The average Bonchev–Trinajstić information content (AvgIpc) is 2.13. The predicted octanol–water partition coefficient (Wildman–Crippen LogP) is 1.65. The third-order valence-corrected chi connectivity index (χ3v) is 2.25. The molecule has 0 radical (unpaired) electrons. The molecule has 0 spiro atoms. The number of Topliss-reactive ketones (excluding diaryl/α,β-unsaturated/α-hetero) is 1. The van der Waals surface area contributed by atoms with Crippen molar-refractivity contribution >= 4 is 11.9 Å². The van der Waals surface area contributed by atoms with Crippen LogP contribution in [0.15, 0.2) is 30.3 Å². The van der Waals surface area contributed by atoms with E-state index in [0.29, 0.717) is 5.56 Å². The summed E-state index contributed by atoms with van der Waals surface area (Å²) in [7, 11) is 0. The molecule has 1 aliphatic carbocycles. The molecule has 0 saturated heterocycles. The highest BCUT2D eigenvalue weighted by atomic mass is 16.3. The van der Waals surface area contributed by atoms with Crippen LogP contribution in [0.3, 0.4) is 0 Å². The molecule has 0 bridgehead atoms. The molecule has 0 amide bonds. The summed E-state index contributed by atoms with van der Waals surface area (Å²) in [5.41, 5.74) is 0.128. The number of carbonyl (C=O) groups is 1. The van der Waals surface area contributed by atoms with Crippen LogP contribution < -0.4 is 0 Å². The highest BCUT2D eigenvalue weighted by molar-refractivity contribution is 6.08. The van der Waals surface area contributed by atoms with Crippen LogP contribution in [0.5, 0.6) is 0 Å². The predicted molar refractivity (Wildman–Crippen MR) is 50.4 cm³/mol. The van der Waals surface area contributed by atoms with E-state index in [2.05, 4.69) is 0 Å². The maximum Gasteiger partial charge on any atom is 0.198 e. The van der Waals surface area contributed by atoms with Crippen molar-refractivity contribution in [2.24, 2.45) is 0 Å². The first-order valence-corrected chi connectivity index (χ1v) is 4.17. The number of hydrogen-bond acceptors (Lipinski definition) is 2. The standard InChI is InChI=1S/C11H10O2/c1-11(13)7-6-8-4-2-3-5-9(8)10(11)12/h2-7,13H,1H3. The van der Waals surface area contributed by atoms with Gasteiger partial charge in [0.05, 0.1) is 0 Å². The van der Waals surface area contributed by atoms with E-state index in [4.69, 9.17) is 0 Å². The van der Waals surface area contributed by atoms with E-state index >= 15 is 0 Å². The van der Waals surface area contributed by atoms with E-state index < -0.39 is 5.60 Å². The van der Waals surface area contributed by atoms with E-state index in [9.17, 15) is 9.90 Å². The van der Waals surface area contributed by atoms with Gasteiger partial charge in [-0.1, -0.05) is 30.3 Å². The van der Waals surface area contributed by atoms with Gasteiger partial charge < -0.3 is 5.11 Å². The number of hydrogen-bond donors (Lipinski definition) is 1. The summed E-state index contributed by atoms with van der Waals surface area (Å²) in [5, 5.41) is 9.65. The first kappa shape index (κ1) is 8.20. The molecule has 1 aliphatic rings. The van der Waals surface area contributed by atoms with Gasteiger partial charge in [0.15, 0.2) is 5.78 Å². The normalized spacial score (nSPS) is 25.8. The van der Waals surface area contributed by atoms with Gasteiger partial charge in [-0.25, -0.2) is 0 Å². The lowest BCUT2D eigenvalue weighted by Gasteiger charge is -2.22. The Morgan fingerprint density at radius 1 is 1.31 bits per heavy atom. The van der Waals surface area contributed by atoms with Crippen molar-refractivity contribution in [2.45, 2.75) is 12.5 Å². The molecular formula is C11H10O2. The van der Waals surface area contributed by atoms with E-state index in [-0.39, 0.29) is 5.78 Å². The number of aliphatic hydroxyl groups is 1. The van der Waals surface area contributed by atoms with Crippen LogP contribution in [0.4, 0.5) is 0 Å². The summed E-state index contributed by atoms with van der Waals surface area (Å²) in [6.07, 6.45) is 3.30. The Morgan fingerprint density at radius 3 is 2.77 bits per heavy atom. The Morgan fingerprint density at radius 2 is 2.00 bits per heavy atom. The van der Waals surface area contributed by atoms with Gasteiger partial charge in [0, 0.05) is 5.56 Å². The molecule has 1 unspecified atom stereocenters. The lowest BCUT2D eigenvalue weighted by atomic mass is 9.86. The van der Waals surface area contributed by atoms with Crippen molar-refractivity contribution < 1.29 is 9.90 Å². The summed E-state index contributed by atoms with van der Waals surface area (Å²) < 4.78 is 0. The molecule has 2 rings (SSSR count). The molecule has 0 aromatic heterocycles. The summed E-state index contributed by atoms with van der Waals surface area (Å²) in [6, 6.07) is 7.26. The molecule has 1 aromatic rings. The van der Waals surface area contributed by atoms with Gasteiger partial charge in [0.1, 0.15) is 5.60 Å². The highest BCUT2D eigenvalue weighted by Gasteiger charge is 2.32. The fourth-order valence-corrected chi connectivity index (χ4v) is 1.45. The van der Waals surface area contributed by atoms with Crippen LogP contribution in [0.1, 0.15) is 22.8 Å². The molecule has 2 nitrogen and oxygen atoms in total. The minimum Gasteiger partial charge on any atom is -0.378 e. The highest BCUT2D eigenvalue weighted by Crippen LogP contribution is 2.24. The second kappa shape index (κ2) is 2.54. The van der Waals surface area contributed by atoms with Gasteiger partial charge in [-0.3, -0.25) is 4.79 Å². The van der Waals surface area contributed by atoms with Crippen molar-refractivity contribution in [3.05, 3.63) is 41.5 Å². The molecule has 13 heavy (non-hydrogen) atoms. The van der Waals surface area contributed by atoms with Crippen molar-refractivity contribution in [3.8, 4) is 0 Å². The van der Waals surface area contributed by atoms with Gasteiger partial charge in [0.2, 0.25) is 0 Å². The van der Waals surface area contributed by atoms with E-state index in [1.54, 1.807) is 18.2 Å². The largest absolute Gasteiger partial charge is 0.378 e. The summed E-state index contributed by atoms with van der Waals surface area (Å²) in [4.78, 5) is 11.6. The third-order valence-electron chi connectivity index (χ3n) is 2.25. The monoisotopic (exact) mass is 174 g/mol. The van der Waals surface area contributed by atoms with E-state index in [1.807, 2.05) is 12.1 Å². The number of benzene rings is 1. The number of ketones is 1. The second-order valence-corrected chi connectivity index (χ2v) is 3.40. The van der Waals surface area contributed by atoms with Crippen LogP contribution >= 0.6 is 0 Å². The summed E-state index contributed by atoms with van der Waals surface area (Å²) in [5.74, 6) is -0.231. The molecule has 0 saturated carbocycles. The molecular weight excluding hydrogens is 164 g/mol. The average molecular weight is 174 g/mol. The van der Waals surface area contributed by atoms with Crippen LogP contribution in [-0.2, 0) is 0 Å². The Labute approximate surface area is 76.5 Å². The molecule has 0 fully saturated rings. The van der Waals surface area contributed by atoms with E-state index in [1.165, 1.54) is 13.0 Å². The molecule has 2 heteroatoms. The minimum atomic E-state index is -1.34. The van der Waals surface area contributed by atoms with Gasteiger partial charge in [-0.05, 0) is 18.6 Å². The third kappa shape index (κ3) is 1.19. The number of fused-ring (bicyclic) bond motifs is 1. The van der Waals surface area contributed by atoms with Gasteiger partial charge in [0.25, 0.3) is 0 Å². The Hall–Kier alpha value is -1.41. The van der Waals surface area contributed by atoms with Gasteiger partial charge in [-0.2, -0.15) is 0 Å². The molecule has 1 N–H and O–H groups in total. The molecule has 66 valence electrons. The Balaban J connectivity index is 2.62. The van der Waals surface area contributed by atoms with Crippen molar-refractivity contribution in [3.63, 3.8) is 0 Å². The minimum absolute atomic E-state index is 0.231.